The molecule has 68 valence electrons. The first-order valence-electron chi connectivity index (χ1n) is 5.01. The van der Waals surface area contributed by atoms with Crippen LogP contribution in [0.15, 0.2) is 11.1 Å². The molecule has 1 fully saturated rings. The maximum atomic E-state index is 2.60. The van der Waals surface area contributed by atoms with Gasteiger partial charge in [0.15, 0.2) is 0 Å². The van der Waals surface area contributed by atoms with Crippen LogP contribution in [0.25, 0.3) is 0 Å². The van der Waals surface area contributed by atoms with E-state index in [4.69, 9.17) is 0 Å². The zero-order valence-corrected chi connectivity index (χ0v) is 8.48. The fourth-order valence-electron chi connectivity index (χ4n) is 2.75. The Morgan fingerprint density at radius 3 is 2.83 bits per heavy atom. The fraction of sp³-hybridized carbons (Fsp3) is 0.818. The lowest BCUT2D eigenvalue weighted by molar-refractivity contribution is 0.121. The molecule has 1 nitrogen and oxygen atoms in total. The van der Waals surface area contributed by atoms with E-state index in [9.17, 15) is 0 Å². The Morgan fingerprint density at radius 1 is 1.33 bits per heavy atom. The van der Waals surface area contributed by atoms with E-state index in [2.05, 4.69) is 25.7 Å². The molecule has 0 aromatic carbocycles. The first kappa shape index (κ1) is 8.31. The van der Waals surface area contributed by atoms with Crippen molar-refractivity contribution in [3.8, 4) is 0 Å². The van der Waals surface area contributed by atoms with E-state index in [0.29, 0.717) is 5.41 Å². The second-order valence-corrected chi connectivity index (χ2v) is 4.78. The van der Waals surface area contributed by atoms with Crippen molar-refractivity contribution >= 4 is 0 Å². The van der Waals surface area contributed by atoms with Gasteiger partial charge in [-0.25, -0.2) is 0 Å². The lowest BCUT2D eigenvalue weighted by Gasteiger charge is -2.46. The van der Waals surface area contributed by atoms with Crippen LogP contribution >= 0.6 is 0 Å². The number of rotatable bonds is 0. The van der Waals surface area contributed by atoms with E-state index in [1.165, 1.54) is 32.5 Å². The van der Waals surface area contributed by atoms with E-state index >= 15 is 0 Å². The summed E-state index contributed by atoms with van der Waals surface area (Å²) in [5.74, 6) is 0. The summed E-state index contributed by atoms with van der Waals surface area (Å²) in [5.41, 5.74) is 3.79. The smallest absolute Gasteiger partial charge is 0.0193 e. The van der Waals surface area contributed by atoms with Crippen LogP contribution in [0.3, 0.4) is 0 Å². The molecule has 0 N–H and O–H groups in total. The lowest BCUT2D eigenvalue weighted by Crippen LogP contribution is -2.46. The molecule has 1 heteroatoms. The second-order valence-electron chi connectivity index (χ2n) is 4.78. The summed E-state index contributed by atoms with van der Waals surface area (Å²) < 4.78 is 0. The largest absolute Gasteiger partial charge is 0.299 e. The van der Waals surface area contributed by atoms with Crippen LogP contribution in [-0.2, 0) is 0 Å². The number of fused-ring (bicyclic) bond motifs is 2. The first-order chi connectivity index (χ1) is 5.62. The van der Waals surface area contributed by atoms with Crippen molar-refractivity contribution in [1.82, 2.24) is 4.90 Å². The number of nitrogens with zero attached hydrogens (tertiary/aromatic N) is 1. The van der Waals surface area contributed by atoms with Crippen LogP contribution in [-0.4, -0.2) is 24.5 Å². The quantitative estimate of drug-likeness (QED) is 0.498. The normalized spacial score (nSPS) is 41.8. The van der Waals surface area contributed by atoms with Gasteiger partial charge in [0, 0.05) is 18.5 Å². The molecule has 0 spiro atoms. The molecule has 2 atom stereocenters. The van der Waals surface area contributed by atoms with E-state index < -0.39 is 0 Å². The molecule has 1 saturated heterocycles. The van der Waals surface area contributed by atoms with Gasteiger partial charge in [0.25, 0.3) is 0 Å². The second kappa shape index (κ2) is 2.59. The number of piperidine rings is 1. The molecule has 0 aliphatic carbocycles. The van der Waals surface area contributed by atoms with Crippen molar-refractivity contribution in [2.24, 2.45) is 5.41 Å². The van der Waals surface area contributed by atoms with Gasteiger partial charge < -0.3 is 0 Å². The first-order valence-corrected chi connectivity index (χ1v) is 5.01. The minimum absolute atomic E-state index is 0.514. The van der Waals surface area contributed by atoms with E-state index in [0.717, 1.165) is 0 Å². The molecule has 2 aliphatic heterocycles. The van der Waals surface area contributed by atoms with Gasteiger partial charge in [-0.15, -0.1) is 0 Å². The molecule has 2 unspecified atom stereocenters. The number of hydrogen-bond acceptors (Lipinski definition) is 1. The molecule has 0 amide bonds. The SMILES string of the molecule is CC1=C(C)C2(C)CCCN(C1)C2. The molecule has 2 rings (SSSR count). The summed E-state index contributed by atoms with van der Waals surface area (Å²) in [4.78, 5) is 2.60. The Hall–Kier alpha value is -0.300. The summed E-state index contributed by atoms with van der Waals surface area (Å²) in [5, 5.41) is 0. The van der Waals surface area contributed by atoms with Crippen LogP contribution in [0.2, 0.25) is 0 Å². The maximum Gasteiger partial charge on any atom is 0.0193 e. The average molecular weight is 165 g/mol. The fourth-order valence-corrected chi connectivity index (χ4v) is 2.75. The zero-order chi connectivity index (χ0) is 8.77. The monoisotopic (exact) mass is 165 g/mol. The Kier molecular flexibility index (Phi) is 1.80. The Morgan fingerprint density at radius 2 is 2.08 bits per heavy atom. The summed E-state index contributed by atoms with van der Waals surface area (Å²) in [6.45, 7) is 10.9. The highest BCUT2D eigenvalue weighted by atomic mass is 15.1. The van der Waals surface area contributed by atoms with Gasteiger partial charge in [-0.2, -0.15) is 0 Å². The van der Waals surface area contributed by atoms with Gasteiger partial charge >= 0.3 is 0 Å². The van der Waals surface area contributed by atoms with Crippen molar-refractivity contribution in [3.05, 3.63) is 11.1 Å². The predicted molar refractivity (Wildman–Crippen MR) is 52.2 cm³/mol. The van der Waals surface area contributed by atoms with Crippen LogP contribution in [0.4, 0.5) is 0 Å². The molecular weight excluding hydrogens is 146 g/mol. The molecule has 0 radical (unpaired) electrons. The Bertz CT molecular complexity index is 229. The summed E-state index contributed by atoms with van der Waals surface area (Å²) >= 11 is 0. The molecule has 2 bridgehead atoms. The highest BCUT2D eigenvalue weighted by molar-refractivity contribution is 5.24. The van der Waals surface area contributed by atoms with Crippen molar-refractivity contribution in [3.63, 3.8) is 0 Å². The van der Waals surface area contributed by atoms with Gasteiger partial charge in [0.05, 0.1) is 0 Å². The van der Waals surface area contributed by atoms with E-state index in [1.54, 1.807) is 11.1 Å². The zero-order valence-electron chi connectivity index (χ0n) is 8.48. The molecular formula is C11H19N. The number of hydrogen-bond donors (Lipinski definition) is 0. The van der Waals surface area contributed by atoms with Gasteiger partial charge in [-0.05, 0) is 33.2 Å². The highest BCUT2D eigenvalue weighted by Crippen LogP contribution is 2.41. The molecule has 2 aliphatic rings. The Balaban J connectivity index is 2.35. The summed E-state index contributed by atoms with van der Waals surface area (Å²) in [6, 6.07) is 0. The average Bonchev–Trinajstić information content (AvgIpc) is 2.01. The van der Waals surface area contributed by atoms with Gasteiger partial charge in [0.2, 0.25) is 0 Å². The van der Waals surface area contributed by atoms with E-state index in [1.807, 2.05) is 0 Å². The van der Waals surface area contributed by atoms with Gasteiger partial charge in [-0.3, -0.25) is 4.90 Å². The minimum atomic E-state index is 0.514. The van der Waals surface area contributed by atoms with E-state index in [-0.39, 0.29) is 0 Å². The van der Waals surface area contributed by atoms with Crippen molar-refractivity contribution in [1.29, 1.82) is 0 Å². The van der Waals surface area contributed by atoms with Crippen LogP contribution in [0.5, 0.6) is 0 Å². The lowest BCUT2D eigenvalue weighted by atomic mass is 9.72. The molecule has 0 saturated carbocycles. The highest BCUT2D eigenvalue weighted by Gasteiger charge is 2.36. The van der Waals surface area contributed by atoms with Crippen molar-refractivity contribution < 1.29 is 0 Å². The van der Waals surface area contributed by atoms with Gasteiger partial charge in [0.1, 0.15) is 0 Å². The minimum Gasteiger partial charge on any atom is -0.299 e. The molecule has 2 heterocycles. The topological polar surface area (TPSA) is 3.24 Å². The predicted octanol–water partition coefficient (Wildman–Crippen LogP) is 2.44. The summed E-state index contributed by atoms with van der Waals surface area (Å²) in [7, 11) is 0. The summed E-state index contributed by atoms with van der Waals surface area (Å²) in [6.07, 6.45) is 2.79. The van der Waals surface area contributed by atoms with Crippen LogP contribution < -0.4 is 0 Å². The third kappa shape index (κ3) is 1.11. The van der Waals surface area contributed by atoms with Crippen LogP contribution in [0.1, 0.15) is 33.6 Å². The molecule has 0 aromatic rings. The van der Waals surface area contributed by atoms with Gasteiger partial charge in [-0.1, -0.05) is 18.1 Å². The molecule has 12 heavy (non-hydrogen) atoms. The van der Waals surface area contributed by atoms with Crippen molar-refractivity contribution in [2.45, 2.75) is 33.6 Å². The molecule has 0 aromatic heterocycles. The van der Waals surface area contributed by atoms with Crippen molar-refractivity contribution in [2.75, 3.05) is 19.6 Å². The van der Waals surface area contributed by atoms with Crippen LogP contribution in [0, 0.1) is 5.41 Å². The Labute approximate surface area is 75.4 Å². The third-order valence-corrected chi connectivity index (χ3v) is 3.78. The standard InChI is InChI=1S/C11H19N/c1-9-7-12-6-4-5-11(3,8-12)10(9)2/h4-8H2,1-3H3. The third-order valence-electron chi connectivity index (χ3n) is 3.78. The maximum absolute atomic E-state index is 2.60.